The van der Waals surface area contributed by atoms with Gasteiger partial charge in [0, 0.05) is 18.3 Å². The van der Waals surface area contributed by atoms with Crippen LogP contribution in [0.1, 0.15) is 20.3 Å². The third-order valence-corrected chi connectivity index (χ3v) is 3.53. The molecule has 0 saturated carbocycles. The van der Waals surface area contributed by atoms with Crippen LogP contribution in [0.3, 0.4) is 0 Å². The van der Waals surface area contributed by atoms with Crippen LogP contribution in [0.4, 0.5) is 0 Å². The van der Waals surface area contributed by atoms with Gasteiger partial charge in [0.2, 0.25) is 0 Å². The maximum atomic E-state index is 9.21. The van der Waals surface area contributed by atoms with Crippen molar-refractivity contribution in [2.24, 2.45) is 5.11 Å². The Kier molecular flexibility index (Phi) is 3.68. The number of rotatable bonds is 3. The molecule has 18 heavy (non-hydrogen) atoms. The molecule has 2 aliphatic heterocycles. The van der Waals surface area contributed by atoms with E-state index >= 15 is 0 Å². The first-order valence-electron chi connectivity index (χ1n) is 6.11. The highest BCUT2D eigenvalue weighted by atomic mass is 16.5. The summed E-state index contributed by atoms with van der Waals surface area (Å²) < 4.78 is 5.76. The second-order valence-corrected chi connectivity index (χ2v) is 4.80. The SMILES string of the molecule is C=C1NC(C)N(C2CC(N=N)C(CO)O2)C=C1C. The minimum absolute atomic E-state index is 0.0787. The van der Waals surface area contributed by atoms with Crippen molar-refractivity contribution in [2.75, 3.05) is 6.61 Å². The average molecular weight is 252 g/mol. The number of hydrogen-bond acceptors (Lipinski definition) is 6. The molecule has 2 heterocycles. The summed E-state index contributed by atoms with van der Waals surface area (Å²) in [4.78, 5) is 2.05. The van der Waals surface area contributed by atoms with Gasteiger partial charge < -0.3 is 20.1 Å². The van der Waals surface area contributed by atoms with Gasteiger partial charge in [-0.2, -0.15) is 5.11 Å². The highest BCUT2D eigenvalue weighted by Gasteiger charge is 2.39. The lowest BCUT2D eigenvalue weighted by molar-refractivity contribution is -0.0676. The van der Waals surface area contributed by atoms with Gasteiger partial charge in [-0.25, -0.2) is 5.53 Å². The lowest BCUT2D eigenvalue weighted by Gasteiger charge is -2.38. The molecule has 0 radical (unpaired) electrons. The van der Waals surface area contributed by atoms with E-state index in [-0.39, 0.29) is 31.1 Å². The van der Waals surface area contributed by atoms with Crippen molar-refractivity contribution >= 4 is 0 Å². The van der Waals surface area contributed by atoms with Crippen LogP contribution in [0.2, 0.25) is 0 Å². The molecule has 3 N–H and O–H groups in total. The molecule has 2 aliphatic rings. The van der Waals surface area contributed by atoms with Gasteiger partial charge in [0.05, 0.1) is 12.8 Å². The molecule has 100 valence electrons. The minimum Gasteiger partial charge on any atom is -0.394 e. The zero-order valence-corrected chi connectivity index (χ0v) is 10.8. The minimum atomic E-state index is -0.376. The second-order valence-electron chi connectivity index (χ2n) is 4.80. The summed E-state index contributed by atoms with van der Waals surface area (Å²) >= 11 is 0. The molecule has 4 atom stereocenters. The van der Waals surface area contributed by atoms with E-state index in [0.717, 1.165) is 11.3 Å². The fraction of sp³-hybridized carbons (Fsp3) is 0.667. The standard InChI is InChI=1S/C12H20N4O2/c1-7-5-16(9(3)14-8(7)2)12-4-10(15-13)11(6-17)18-12/h5,9-14,17H,2,4,6H2,1,3H3. The summed E-state index contributed by atoms with van der Waals surface area (Å²) in [6.07, 6.45) is 2.17. The van der Waals surface area contributed by atoms with E-state index in [2.05, 4.69) is 21.9 Å². The fourth-order valence-electron chi connectivity index (χ4n) is 2.39. The molecule has 2 rings (SSSR count). The van der Waals surface area contributed by atoms with E-state index in [1.54, 1.807) is 0 Å². The Balaban J connectivity index is 2.13. The molecule has 0 aromatic carbocycles. The van der Waals surface area contributed by atoms with Crippen molar-refractivity contribution in [3.63, 3.8) is 0 Å². The largest absolute Gasteiger partial charge is 0.394 e. The highest BCUT2D eigenvalue weighted by molar-refractivity contribution is 5.27. The monoisotopic (exact) mass is 252 g/mol. The van der Waals surface area contributed by atoms with Crippen LogP contribution >= 0.6 is 0 Å². The van der Waals surface area contributed by atoms with Crippen LogP contribution in [0, 0.1) is 5.53 Å². The Bertz CT molecular complexity index is 382. The summed E-state index contributed by atoms with van der Waals surface area (Å²) in [7, 11) is 0. The molecule has 0 bridgehead atoms. The molecular weight excluding hydrogens is 232 g/mol. The molecule has 6 nitrogen and oxygen atoms in total. The molecule has 1 fully saturated rings. The number of allylic oxidation sites excluding steroid dienone is 1. The maximum Gasteiger partial charge on any atom is 0.134 e. The Labute approximate surface area is 107 Å². The molecule has 0 aromatic rings. The van der Waals surface area contributed by atoms with Crippen molar-refractivity contribution in [3.05, 3.63) is 24.0 Å². The third kappa shape index (κ3) is 2.26. The van der Waals surface area contributed by atoms with Crippen molar-refractivity contribution in [3.8, 4) is 0 Å². The van der Waals surface area contributed by atoms with Gasteiger partial charge in [-0.15, -0.1) is 0 Å². The summed E-state index contributed by atoms with van der Waals surface area (Å²) in [6, 6.07) is -0.258. The summed E-state index contributed by atoms with van der Waals surface area (Å²) in [6.45, 7) is 7.84. The van der Waals surface area contributed by atoms with E-state index in [9.17, 15) is 5.11 Å². The number of aliphatic hydroxyl groups excluding tert-OH is 1. The number of aliphatic hydroxyl groups is 1. The number of nitrogens with zero attached hydrogens (tertiary/aromatic N) is 2. The first-order chi connectivity index (χ1) is 8.56. The zero-order valence-electron chi connectivity index (χ0n) is 10.8. The molecule has 0 amide bonds. The van der Waals surface area contributed by atoms with Gasteiger partial charge in [-0.05, 0) is 19.4 Å². The molecule has 0 aromatic heterocycles. The van der Waals surface area contributed by atoms with Crippen LogP contribution in [-0.4, -0.2) is 41.2 Å². The molecular formula is C12H20N4O2. The molecule has 6 heteroatoms. The zero-order chi connectivity index (χ0) is 13.3. The van der Waals surface area contributed by atoms with Crippen LogP contribution < -0.4 is 5.32 Å². The number of hydrogen-bond donors (Lipinski definition) is 3. The molecule has 4 unspecified atom stereocenters. The van der Waals surface area contributed by atoms with Crippen LogP contribution in [-0.2, 0) is 4.74 Å². The Morgan fingerprint density at radius 2 is 2.44 bits per heavy atom. The summed E-state index contributed by atoms with van der Waals surface area (Å²) in [5.74, 6) is 0. The smallest absolute Gasteiger partial charge is 0.134 e. The number of ether oxygens (including phenoxy) is 1. The van der Waals surface area contributed by atoms with Gasteiger partial charge in [-0.1, -0.05) is 6.58 Å². The second kappa shape index (κ2) is 5.07. The normalized spacial score (nSPS) is 36.3. The van der Waals surface area contributed by atoms with Gasteiger partial charge in [0.25, 0.3) is 0 Å². The Hall–Kier alpha value is -1.40. The van der Waals surface area contributed by atoms with Crippen LogP contribution in [0.15, 0.2) is 29.2 Å². The van der Waals surface area contributed by atoms with Crippen molar-refractivity contribution in [1.29, 1.82) is 5.53 Å². The Morgan fingerprint density at radius 1 is 1.72 bits per heavy atom. The van der Waals surface area contributed by atoms with Gasteiger partial charge in [0.1, 0.15) is 18.4 Å². The third-order valence-electron chi connectivity index (χ3n) is 3.53. The molecule has 0 spiro atoms. The van der Waals surface area contributed by atoms with Gasteiger partial charge in [0.15, 0.2) is 0 Å². The lowest BCUT2D eigenvalue weighted by Crippen LogP contribution is -2.48. The van der Waals surface area contributed by atoms with Crippen molar-refractivity contribution in [1.82, 2.24) is 10.2 Å². The van der Waals surface area contributed by atoms with Gasteiger partial charge >= 0.3 is 0 Å². The quantitative estimate of drug-likeness (QED) is 0.658. The highest BCUT2D eigenvalue weighted by Crippen LogP contribution is 2.29. The summed E-state index contributed by atoms with van der Waals surface area (Å²) in [5, 5.41) is 16.0. The topological polar surface area (TPSA) is 80.9 Å². The first-order valence-corrected chi connectivity index (χ1v) is 6.11. The maximum absolute atomic E-state index is 9.21. The van der Waals surface area contributed by atoms with E-state index in [1.807, 2.05) is 20.0 Å². The van der Waals surface area contributed by atoms with E-state index < -0.39 is 0 Å². The number of nitrogens with one attached hydrogen (secondary N) is 2. The predicted octanol–water partition coefficient (Wildman–Crippen LogP) is 1.16. The van der Waals surface area contributed by atoms with E-state index in [1.165, 1.54) is 0 Å². The van der Waals surface area contributed by atoms with Crippen molar-refractivity contribution in [2.45, 2.75) is 44.8 Å². The first kappa shape index (κ1) is 13.0. The lowest BCUT2D eigenvalue weighted by atomic mass is 10.1. The molecule has 1 saturated heterocycles. The van der Waals surface area contributed by atoms with Crippen LogP contribution in [0.25, 0.3) is 0 Å². The van der Waals surface area contributed by atoms with E-state index in [4.69, 9.17) is 10.3 Å². The average Bonchev–Trinajstić information content (AvgIpc) is 2.76. The fourth-order valence-corrected chi connectivity index (χ4v) is 2.39. The van der Waals surface area contributed by atoms with Crippen molar-refractivity contribution < 1.29 is 9.84 Å². The Morgan fingerprint density at radius 3 is 3.00 bits per heavy atom. The van der Waals surface area contributed by atoms with Crippen LogP contribution in [0.5, 0.6) is 0 Å². The predicted molar refractivity (Wildman–Crippen MR) is 66.6 cm³/mol. The van der Waals surface area contributed by atoms with E-state index in [0.29, 0.717) is 6.42 Å². The summed E-state index contributed by atoms with van der Waals surface area (Å²) in [5.41, 5.74) is 9.10. The molecule has 0 aliphatic carbocycles. The van der Waals surface area contributed by atoms with Gasteiger partial charge in [-0.3, -0.25) is 0 Å².